The number of rotatable bonds is 2. The Morgan fingerprint density at radius 2 is 1.84 bits per heavy atom. The molecule has 1 fully saturated rings. The van der Waals surface area contributed by atoms with Crippen molar-refractivity contribution < 1.29 is 9.47 Å². The van der Waals surface area contributed by atoms with E-state index in [0.29, 0.717) is 19.1 Å². The maximum atomic E-state index is 6.55. The average Bonchev–Trinajstić information content (AvgIpc) is 2.35. The summed E-state index contributed by atoms with van der Waals surface area (Å²) >= 11 is 3.60. The fraction of sp³-hybridized carbons (Fsp3) is 0.600. The summed E-state index contributed by atoms with van der Waals surface area (Å²) in [6.07, 6.45) is 3.32. The van der Waals surface area contributed by atoms with E-state index in [4.69, 9.17) is 15.2 Å². The van der Waals surface area contributed by atoms with Gasteiger partial charge in [0.15, 0.2) is 11.5 Å². The Bertz CT molecular complexity index is 509. The van der Waals surface area contributed by atoms with Crippen LogP contribution in [-0.2, 0) is 5.54 Å². The van der Waals surface area contributed by atoms with Crippen molar-refractivity contribution >= 4 is 15.9 Å². The first-order valence-electron chi connectivity index (χ1n) is 6.94. The molecule has 4 heteroatoms. The van der Waals surface area contributed by atoms with Crippen LogP contribution < -0.4 is 15.2 Å². The molecule has 1 aliphatic heterocycles. The number of benzene rings is 1. The van der Waals surface area contributed by atoms with Gasteiger partial charge in [-0.1, -0.05) is 13.8 Å². The molecule has 3 nitrogen and oxygen atoms in total. The predicted molar refractivity (Wildman–Crippen MR) is 78.9 cm³/mol. The van der Waals surface area contributed by atoms with Gasteiger partial charge in [0.05, 0.1) is 4.47 Å². The van der Waals surface area contributed by atoms with Gasteiger partial charge < -0.3 is 15.2 Å². The molecule has 2 N–H and O–H groups in total. The van der Waals surface area contributed by atoms with E-state index in [1.54, 1.807) is 0 Å². The van der Waals surface area contributed by atoms with Gasteiger partial charge in [-0.3, -0.25) is 0 Å². The summed E-state index contributed by atoms with van der Waals surface area (Å²) in [5.74, 6) is 2.10. The molecule has 1 aromatic carbocycles. The number of nitrogens with two attached hydrogens (primary N) is 1. The summed E-state index contributed by atoms with van der Waals surface area (Å²) in [6, 6.07) is 2.14. The van der Waals surface area contributed by atoms with Gasteiger partial charge in [-0.2, -0.15) is 0 Å². The molecule has 1 saturated carbocycles. The number of halogens is 1. The summed E-state index contributed by atoms with van der Waals surface area (Å²) in [6.45, 7) is 5.59. The van der Waals surface area contributed by atoms with Crippen molar-refractivity contribution in [1.82, 2.24) is 0 Å². The predicted octanol–water partition coefficient (Wildman–Crippen LogP) is 3.68. The topological polar surface area (TPSA) is 44.5 Å². The summed E-state index contributed by atoms with van der Waals surface area (Å²) in [7, 11) is 0. The van der Waals surface area contributed by atoms with E-state index in [2.05, 4.69) is 35.8 Å². The minimum atomic E-state index is -0.183. The van der Waals surface area contributed by atoms with Crippen LogP contribution in [0.5, 0.6) is 11.5 Å². The lowest BCUT2D eigenvalue weighted by atomic mass is 9.70. The van der Waals surface area contributed by atoms with Gasteiger partial charge in [0.25, 0.3) is 0 Å². The van der Waals surface area contributed by atoms with Gasteiger partial charge >= 0.3 is 0 Å². The standard InChI is InChI=1S/C15H20BrNO2/c1-9(2)12-10(15(17)4-3-5-15)8-11(16)13-14(12)19-7-6-18-13/h8-9H,3-7,17H2,1-2H3. The van der Waals surface area contributed by atoms with Gasteiger partial charge in [0.1, 0.15) is 13.2 Å². The zero-order valence-electron chi connectivity index (χ0n) is 11.5. The van der Waals surface area contributed by atoms with Gasteiger partial charge in [-0.15, -0.1) is 0 Å². The Kier molecular flexibility index (Phi) is 3.26. The van der Waals surface area contributed by atoms with E-state index in [0.717, 1.165) is 28.8 Å². The van der Waals surface area contributed by atoms with Crippen LogP contribution in [0.4, 0.5) is 0 Å². The zero-order chi connectivity index (χ0) is 13.6. The Balaban J connectivity index is 2.21. The van der Waals surface area contributed by atoms with Crippen LogP contribution in [0.15, 0.2) is 10.5 Å². The third-order valence-electron chi connectivity index (χ3n) is 4.16. The second kappa shape index (κ2) is 4.67. The highest BCUT2D eigenvalue weighted by Crippen LogP contribution is 2.50. The normalized spacial score (nSPS) is 20.3. The molecule has 1 heterocycles. The van der Waals surface area contributed by atoms with E-state index in [-0.39, 0.29) is 5.54 Å². The van der Waals surface area contributed by atoms with Crippen molar-refractivity contribution in [2.24, 2.45) is 5.73 Å². The summed E-state index contributed by atoms with van der Waals surface area (Å²) in [4.78, 5) is 0. The fourth-order valence-corrected chi connectivity index (χ4v) is 3.52. The van der Waals surface area contributed by atoms with E-state index in [9.17, 15) is 0 Å². The number of hydrogen-bond donors (Lipinski definition) is 1. The molecule has 0 spiro atoms. The van der Waals surface area contributed by atoms with Crippen molar-refractivity contribution in [3.05, 3.63) is 21.7 Å². The highest BCUT2D eigenvalue weighted by molar-refractivity contribution is 9.10. The summed E-state index contributed by atoms with van der Waals surface area (Å²) in [5.41, 5.74) is 8.81. The fourth-order valence-electron chi connectivity index (χ4n) is 3.00. The molecule has 0 amide bonds. The summed E-state index contributed by atoms with van der Waals surface area (Å²) in [5, 5.41) is 0. The first-order chi connectivity index (χ1) is 9.03. The zero-order valence-corrected chi connectivity index (χ0v) is 13.0. The third kappa shape index (κ3) is 2.05. The molecule has 0 atom stereocenters. The molecule has 0 saturated heterocycles. The Hall–Kier alpha value is -0.740. The molecule has 0 bridgehead atoms. The van der Waals surface area contributed by atoms with Gasteiger partial charge in [0, 0.05) is 11.1 Å². The first kappa shape index (κ1) is 13.3. The molecule has 2 aliphatic rings. The molecule has 19 heavy (non-hydrogen) atoms. The molecule has 0 radical (unpaired) electrons. The smallest absolute Gasteiger partial charge is 0.175 e. The minimum Gasteiger partial charge on any atom is -0.486 e. The maximum Gasteiger partial charge on any atom is 0.175 e. The molecule has 0 aromatic heterocycles. The average molecular weight is 326 g/mol. The van der Waals surface area contributed by atoms with Crippen LogP contribution in [0.25, 0.3) is 0 Å². The van der Waals surface area contributed by atoms with E-state index in [1.807, 2.05) is 0 Å². The van der Waals surface area contributed by atoms with Crippen LogP contribution in [0.3, 0.4) is 0 Å². The van der Waals surface area contributed by atoms with Crippen LogP contribution in [0.2, 0.25) is 0 Å². The van der Waals surface area contributed by atoms with Crippen molar-refractivity contribution in [1.29, 1.82) is 0 Å². The van der Waals surface area contributed by atoms with Crippen molar-refractivity contribution in [3.8, 4) is 11.5 Å². The summed E-state index contributed by atoms with van der Waals surface area (Å²) < 4.78 is 12.6. The highest BCUT2D eigenvalue weighted by atomic mass is 79.9. The Morgan fingerprint density at radius 3 is 2.37 bits per heavy atom. The molecular weight excluding hydrogens is 306 g/mol. The third-order valence-corrected chi connectivity index (χ3v) is 4.75. The minimum absolute atomic E-state index is 0.183. The van der Waals surface area contributed by atoms with Crippen LogP contribution in [0, 0.1) is 0 Å². The Morgan fingerprint density at radius 1 is 1.21 bits per heavy atom. The quantitative estimate of drug-likeness (QED) is 0.902. The Labute approximate surface area is 122 Å². The number of fused-ring (bicyclic) bond motifs is 1. The van der Waals surface area contributed by atoms with E-state index < -0.39 is 0 Å². The largest absolute Gasteiger partial charge is 0.486 e. The molecule has 104 valence electrons. The van der Waals surface area contributed by atoms with E-state index >= 15 is 0 Å². The number of ether oxygens (including phenoxy) is 2. The van der Waals surface area contributed by atoms with E-state index in [1.165, 1.54) is 17.5 Å². The van der Waals surface area contributed by atoms with Crippen LogP contribution in [0.1, 0.15) is 50.2 Å². The molecular formula is C15H20BrNO2. The second-order valence-corrected chi connectivity index (χ2v) is 6.69. The monoisotopic (exact) mass is 325 g/mol. The molecule has 1 aliphatic carbocycles. The lowest BCUT2D eigenvalue weighted by Gasteiger charge is -2.41. The van der Waals surface area contributed by atoms with Crippen molar-refractivity contribution in [2.75, 3.05) is 13.2 Å². The second-order valence-electron chi connectivity index (χ2n) is 5.84. The van der Waals surface area contributed by atoms with Crippen LogP contribution in [-0.4, -0.2) is 13.2 Å². The van der Waals surface area contributed by atoms with Crippen LogP contribution >= 0.6 is 15.9 Å². The highest BCUT2D eigenvalue weighted by Gasteiger charge is 2.39. The SMILES string of the molecule is CC(C)c1c(C2(N)CCC2)cc(Br)c2c1OCCO2. The van der Waals surface area contributed by atoms with Crippen molar-refractivity contribution in [2.45, 2.75) is 44.6 Å². The first-order valence-corrected chi connectivity index (χ1v) is 7.73. The van der Waals surface area contributed by atoms with Gasteiger partial charge in [-0.05, 0) is 52.7 Å². The lowest BCUT2D eigenvalue weighted by molar-refractivity contribution is 0.166. The molecule has 1 aromatic rings. The lowest BCUT2D eigenvalue weighted by Crippen LogP contribution is -2.44. The van der Waals surface area contributed by atoms with Crippen molar-refractivity contribution in [3.63, 3.8) is 0 Å². The van der Waals surface area contributed by atoms with Gasteiger partial charge in [-0.25, -0.2) is 0 Å². The maximum absolute atomic E-state index is 6.55. The number of hydrogen-bond acceptors (Lipinski definition) is 3. The molecule has 0 unspecified atom stereocenters. The van der Waals surface area contributed by atoms with Gasteiger partial charge in [0.2, 0.25) is 0 Å². The molecule has 3 rings (SSSR count).